The van der Waals surface area contributed by atoms with Gasteiger partial charge in [0.25, 0.3) is 5.91 Å². The normalized spacial score (nSPS) is 23.0. The van der Waals surface area contributed by atoms with E-state index in [0.717, 1.165) is 29.7 Å². The van der Waals surface area contributed by atoms with E-state index in [1.807, 2.05) is 28.8 Å². The number of carbonyl (C=O) groups is 1. The minimum atomic E-state index is 0. The Morgan fingerprint density at radius 1 is 1.61 bits per heavy atom. The van der Waals surface area contributed by atoms with Gasteiger partial charge in [0, 0.05) is 30.8 Å². The van der Waals surface area contributed by atoms with Gasteiger partial charge in [-0.05, 0) is 40.4 Å². The molecule has 102 valence electrons. The largest absolute Gasteiger partial charge is 0.345 e. The number of aromatic nitrogens is 1. The molecule has 1 atom stereocenters. The van der Waals surface area contributed by atoms with E-state index >= 15 is 0 Å². The number of halogens is 2. The van der Waals surface area contributed by atoms with Crippen molar-refractivity contribution in [2.24, 2.45) is 18.2 Å². The van der Waals surface area contributed by atoms with Crippen molar-refractivity contribution in [2.45, 2.75) is 13.3 Å². The second-order valence-electron chi connectivity index (χ2n) is 5.15. The van der Waals surface area contributed by atoms with E-state index in [-0.39, 0.29) is 23.7 Å². The Morgan fingerprint density at radius 3 is 2.72 bits per heavy atom. The highest BCUT2D eigenvalue weighted by molar-refractivity contribution is 9.10. The van der Waals surface area contributed by atoms with E-state index in [2.05, 4.69) is 22.9 Å². The molecule has 0 aliphatic carbocycles. The van der Waals surface area contributed by atoms with Crippen LogP contribution in [0.1, 0.15) is 23.8 Å². The lowest BCUT2D eigenvalue weighted by Crippen LogP contribution is -2.35. The molecule has 2 heterocycles. The third kappa shape index (κ3) is 2.90. The summed E-state index contributed by atoms with van der Waals surface area (Å²) in [5.41, 5.74) is 6.55. The minimum absolute atomic E-state index is 0. The SMILES string of the molecule is Cl.Cn1cc(Br)cc1C(=O)N1CCC(C)(CN)C1. The van der Waals surface area contributed by atoms with Gasteiger partial charge in [0.15, 0.2) is 0 Å². The zero-order chi connectivity index (χ0) is 12.6. The first-order valence-corrected chi connectivity index (χ1v) is 6.56. The fourth-order valence-electron chi connectivity index (χ4n) is 2.26. The molecule has 18 heavy (non-hydrogen) atoms. The maximum atomic E-state index is 12.3. The third-order valence-corrected chi connectivity index (χ3v) is 3.96. The molecule has 0 aromatic carbocycles. The van der Waals surface area contributed by atoms with Crippen LogP contribution in [-0.2, 0) is 7.05 Å². The summed E-state index contributed by atoms with van der Waals surface area (Å²) < 4.78 is 2.79. The van der Waals surface area contributed by atoms with Crippen LogP contribution in [0.4, 0.5) is 0 Å². The second kappa shape index (κ2) is 5.63. The monoisotopic (exact) mass is 335 g/mol. The second-order valence-corrected chi connectivity index (χ2v) is 6.06. The van der Waals surface area contributed by atoms with Crippen molar-refractivity contribution in [3.63, 3.8) is 0 Å². The molecule has 4 nitrogen and oxygen atoms in total. The molecule has 0 radical (unpaired) electrons. The predicted octanol–water partition coefficient (Wildman–Crippen LogP) is 2.02. The molecular formula is C12H19BrClN3O. The van der Waals surface area contributed by atoms with Crippen LogP contribution in [0, 0.1) is 5.41 Å². The molecule has 6 heteroatoms. The maximum absolute atomic E-state index is 12.3. The Kier molecular flexibility index (Phi) is 4.86. The zero-order valence-corrected chi connectivity index (χ0v) is 13.1. The zero-order valence-electron chi connectivity index (χ0n) is 10.6. The van der Waals surface area contributed by atoms with Crippen molar-refractivity contribution in [1.29, 1.82) is 0 Å². The van der Waals surface area contributed by atoms with E-state index in [1.54, 1.807) is 0 Å². The molecule has 1 saturated heterocycles. The number of nitrogens with two attached hydrogens (primary N) is 1. The van der Waals surface area contributed by atoms with Crippen LogP contribution in [0.5, 0.6) is 0 Å². The summed E-state index contributed by atoms with van der Waals surface area (Å²) in [4.78, 5) is 14.2. The summed E-state index contributed by atoms with van der Waals surface area (Å²) in [5.74, 6) is 0.0929. The molecule has 0 saturated carbocycles. The van der Waals surface area contributed by atoms with E-state index in [0.29, 0.717) is 6.54 Å². The highest BCUT2D eigenvalue weighted by Gasteiger charge is 2.35. The molecule has 1 aromatic heterocycles. The molecular weight excluding hydrogens is 318 g/mol. The van der Waals surface area contributed by atoms with Crippen molar-refractivity contribution < 1.29 is 4.79 Å². The van der Waals surface area contributed by atoms with Gasteiger partial charge in [0.2, 0.25) is 0 Å². The van der Waals surface area contributed by atoms with Gasteiger partial charge in [-0.15, -0.1) is 12.4 Å². The lowest BCUT2D eigenvalue weighted by atomic mass is 9.90. The Morgan fingerprint density at radius 2 is 2.28 bits per heavy atom. The minimum Gasteiger partial charge on any atom is -0.345 e. The fraction of sp³-hybridized carbons (Fsp3) is 0.583. The van der Waals surface area contributed by atoms with Crippen LogP contribution in [0.3, 0.4) is 0 Å². The molecule has 1 aliphatic heterocycles. The summed E-state index contributed by atoms with van der Waals surface area (Å²) in [6.45, 7) is 4.33. The van der Waals surface area contributed by atoms with Gasteiger partial charge in [-0.25, -0.2) is 0 Å². The highest BCUT2D eigenvalue weighted by Crippen LogP contribution is 2.29. The number of hydrogen-bond acceptors (Lipinski definition) is 2. The quantitative estimate of drug-likeness (QED) is 0.898. The number of carbonyl (C=O) groups excluding carboxylic acids is 1. The molecule has 1 aliphatic rings. The standard InChI is InChI=1S/C12H18BrN3O.ClH/c1-12(7-14)3-4-16(8-12)11(17)10-5-9(13)6-15(10)2;/h5-6H,3-4,7-8,14H2,1-2H3;1H. The molecule has 1 fully saturated rings. The Labute approximate surface area is 122 Å². The molecule has 1 unspecified atom stereocenters. The van der Waals surface area contributed by atoms with Crippen LogP contribution < -0.4 is 5.73 Å². The maximum Gasteiger partial charge on any atom is 0.270 e. The lowest BCUT2D eigenvalue weighted by Gasteiger charge is -2.22. The third-order valence-electron chi connectivity index (χ3n) is 3.53. The van der Waals surface area contributed by atoms with Gasteiger partial charge >= 0.3 is 0 Å². The predicted molar refractivity (Wildman–Crippen MR) is 78.0 cm³/mol. The van der Waals surface area contributed by atoms with Gasteiger partial charge in [-0.3, -0.25) is 4.79 Å². The van der Waals surface area contributed by atoms with Gasteiger partial charge in [-0.1, -0.05) is 6.92 Å². The van der Waals surface area contributed by atoms with E-state index in [1.165, 1.54) is 0 Å². The summed E-state index contributed by atoms with van der Waals surface area (Å²) in [6.07, 6.45) is 2.88. The summed E-state index contributed by atoms with van der Waals surface area (Å²) >= 11 is 3.38. The van der Waals surface area contributed by atoms with Crippen molar-refractivity contribution in [1.82, 2.24) is 9.47 Å². The van der Waals surface area contributed by atoms with Crippen LogP contribution in [0.25, 0.3) is 0 Å². The Balaban J connectivity index is 0.00000162. The van der Waals surface area contributed by atoms with E-state index in [4.69, 9.17) is 5.73 Å². The number of rotatable bonds is 2. The Hall–Kier alpha value is -0.520. The van der Waals surface area contributed by atoms with Crippen LogP contribution in [0.15, 0.2) is 16.7 Å². The van der Waals surface area contributed by atoms with Crippen LogP contribution >= 0.6 is 28.3 Å². The number of likely N-dealkylation sites (tertiary alicyclic amines) is 1. The highest BCUT2D eigenvalue weighted by atomic mass is 79.9. The molecule has 0 bridgehead atoms. The number of hydrogen-bond donors (Lipinski definition) is 1. The molecule has 0 spiro atoms. The smallest absolute Gasteiger partial charge is 0.270 e. The summed E-state index contributed by atoms with van der Waals surface area (Å²) in [6, 6.07) is 1.86. The first-order valence-electron chi connectivity index (χ1n) is 5.76. The van der Waals surface area contributed by atoms with E-state index < -0.39 is 0 Å². The average molecular weight is 337 g/mol. The first kappa shape index (κ1) is 15.5. The average Bonchev–Trinajstić information content (AvgIpc) is 2.82. The molecule has 1 amide bonds. The Bertz CT molecular complexity index is 449. The number of amides is 1. The van der Waals surface area contributed by atoms with Gasteiger partial charge in [-0.2, -0.15) is 0 Å². The van der Waals surface area contributed by atoms with Gasteiger partial charge in [0.1, 0.15) is 5.69 Å². The first-order chi connectivity index (χ1) is 7.95. The van der Waals surface area contributed by atoms with Crippen molar-refractivity contribution in [2.75, 3.05) is 19.6 Å². The van der Waals surface area contributed by atoms with Crippen molar-refractivity contribution in [3.8, 4) is 0 Å². The molecule has 1 aromatic rings. The number of aryl methyl sites for hydroxylation is 1. The molecule has 2 N–H and O–H groups in total. The molecule has 2 rings (SSSR count). The number of nitrogens with zero attached hydrogens (tertiary/aromatic N) is 2. The lowest BCUT2D eigenvalue weighted by molar-refractivity contribution is 0.0767. The van der Waals surface area contributed by atoms with Gasteiger partial charge < -0.3 is 15.2 Å². The topological polar surface area (TPSA) is 51.3 Å². The fourth-order valence-corrected chi connectivity index (χ4v) is 2.79. The van der Waals surface area contributed by atoms with Crippen molar-refractivity contribution in [3.05, 3.63) is 22.4 Å². The summed E-state index contributed by atoms with van der Waals surface area (Å²) in [7, 11) is 1.89. The van der Waals surface area contributed by atoms with E-state index in [9.17, 15) is 4.79 Å². The summed E-state index contributed by atoms with van der Waals surface area (Å²) in [5, 5.41) is 0. The van der Waals surface area contributed by atoms with Crippen LogP contribution in [0.2, 0.25) is 0 Å². The van der Waals surface area contributed by atoms with Gasteiger partial charge in [0.05, 0.1) is 0 Å². The van der Waals surface area contributed by atoms with Crippen LogP contribution in [-0.4, -0.2) is 35.0 Å². The van der Waals surface area contributed by atoms with Crippen molar-refractivity contribution >= 4 is 34.2 Å².